The van der Waals surface area contributed by atoms with Crippen LogP contribution in [0.1, 0.15) is 68.0 Å². The van der Waals surface area contributed by atoms with Crippen LogP contribution in [0.3, 0.4) is 0 Å². The summed E-state index contributed by atoms with van der Waals surface area (Å²) in [6.45, 7) is 8.26. The standard InChI is InChI=1S/C51H61F3N6O9S/c1-5-60(6-2)43-17-20-46(45(35-43)47-34-41(21-22-55-47)48(61)56-36-38-11-8-14-42(33-38)51(52,53)54)58-49(62)40-13-7-10-37(32-40)12-9-24-66-26-28-68-30-31-69-29-27-67-25-23-57-70(64,65)44-18-15-39(16-19-44)50(63)59(3)4/h7-8,10-11,13-22,32-35,57H,5-6,9,12,23-31,36H2,1-4H3,(H,56,61)(H,58,62). The number of nitrogens with zero attached hydrogens (tertiary/aromatic N) is 3. The van der Waals surface area contributed by atoms with Crippen molar-refractivity contribution < 1.29 is 54.9 Å². The van der Waals surface area contributed by atoms with Gasteiger partial charge in [0, 0.05) is 81.0 Å². The van der Waals surface area contributed by atoms with Gasteiger partial charge in [0.1, 0.15) is 0 Å². The number of pyridine rings is 1. The highest BCUT2D eigenvalue weighted by Gasteiger charge is 2.30. The normalized spacial score (nSPS) is 11.6. The van der Waals surface area contributed by atoms with E-state index in [1.807, 2.05) is 44.2 Å². The van der Waals surface area contributed by atoms with Gasteiger partial charge in [-0.3, -0.25) is 19.4 Å². The number of alkyl halides is 3. The number of hydrogen-bond donors (Lipinski definition) is 3. The molecule has 4 aromatic carbocycles. The second kappa shape index (κ2) is 27.2. The largest absolute Gasteiger partial charge is 0.416 e. The van der Waals surface area contributed by atoms with Crippen LogP contribution in [-0.4, -0.2) is 123 Å². The molecule has 0 aliphatic heterocycles. The monoisotopic (exact) mass is 990 g/mol. The van der Waals surface area contributed by atoms with E-state index < -0.39 is 27.7 Å². The van der Waals surface area contributed by atoms with Crippen molar-refractivity contribution in [2.24, 2.45) is 0 Å². The van der Waals surface area contributed by atoms with Crippen molar-refractivity contribution in [2.45, 2.75) is 44.3 Å². The molecular weight excluding hydrogens is 930 g/mol. The van der Waals surface area contributed by atoms with Gasteiger partial charge in [-0.25, -0.2) is 13.1 Å². The molecule has 1 heterocycles. The average Bonchev–Trinajstić information content (AvgIpc) is 3.35. The highest BCUT2D eigenvalue weighted by atomic mass is 32.2. The predicted molar refractivity (Wildman–Crippen MR) is 261 cm³/mol. The molecule has 3 amide bonds. The summed E-state index contributed by atoms with van der Waals surface area (Å²) < 4.78 is 89.5. The van der Waals surface area contributed by atoms with Crippen molar-refractivity contribution in [1.82, 2.24) is 19.9 Å². The lowest BCUT2D eigenvalue weighted by Gasteiger charge is -2.23. The van der Waals surface area contributed by atoms with E-state index in [-0.39, 0.29) is 48.6 Å². The first kappa shape index (κ1) is 54.7. The number of halogens is 3. The molecule has 19 heteroatoms. The third-order valence-corrected chi connectivity index (χ3v) is 12.3. The Morgan fingerprint density at radius 2 is 1.30 bits per heavy atom. The molecule has 1 aromatic heterocycles. The van der Waals surface area contributed by atoms with E-state index in [0.29, 0.717) is 86.1 Å². The van der Waals surface area contributed by atoms with E-state index >= 15 is 0 Å². The van der Waals surface area contributed by atoms with Crippen LogP contribution in [0.15, 0.2) is 114 Å². The van der Waals surface area contributed by atoms with Crippen molar-refractivity contribution >= 4 is 39.1 Å². The Bertz CT molecular complexity index is 2590. The molecule has 0 radical (unpaired) electrons. The van der Waals surface area contributed by atoms with Crippen molar-refractivity contribution in [3.8, 4) is 11.3 Å². The number of ether oxygens (including phenoxy) is 4. The maximum Gasteiger partial charge on any atom is 0.416 e. The summed E-state index contributed by atoms with van der Waals surface area (Å²) in [6.07, 6.45) is -1.63. The Hall–Kier alpha value is -6.22. The van der Waals surface area contributed by atoms with E-state index in [2.05, 4.69) is 25.2 Å². The predicted octanol–water partition coefficient (Wildman–Crippen LogP) is 7.48. The lowest BCUT2D eigenvalue weighted by molar-refractivity contribution is -0.137. The zero-order valence-corrected chi connectivity index (χ0v) is 40.7. The van der Waals surface area contributed by atoms with Gasteiger partial charge in [-0.2, -0.15) is 13.2 Å². The number of aryl methyl sites for hydroxylation is 1. The van der Waals surface area contributed by atoms with Gasteiger partial charge in [-0.05, 0) is 117 Å². The highest BCUT2D eigenvalue weighted by Crippen LogP contribution is 2.33. The van der Waals surface area contributed by atoms with E-state index in [4.69, 9.17) is 18.9 Å². The number of rotatable bonds is 28. The van der Waals surface area contributed by atoms with Crippen LogP contribution in [0.5, 0.6) is 0 Å². The van der Waals surface area contributed by atoms with Gasteiger partial charge in [-0.15, -0.1) is 0 Å². The SMILES string of the molecule is CCN(CC)c1ccc(NC(=O)c2cccc(CCCOCCOCCOCCOCCNS(=O)(=O)c3ccc(C(=O)N(C)C)cc3)c2)c(-c2cc(C(=O)NCc3cccc(C(F)(F)F)c3)ccn2)c1. The number of aromatic nitrogens is 1. The molecule has 70 heavy (non-hydrogen) atoms. The smallest absolute Gasteiger partial charge is 0.379 e. The van der Waals surface area contributed by atoms with Crippen LogP contribution >= 0.6 is 0 Å². The summed E-state index contributed by atoms with van der Waals surface area (Å²) >= 11 is 0. The topological polar surface area (TPSA) is 178 Å². The van der Waals surface area contributed by atoms with Crippen LogP contribution in [0.25, 0.3) is 11.3 Å². The molecule has 5 rings (SSSR count). The maximum atomic E-state index is 13.7. The van der Waals surface area contributed by atoms with Gasteiger partial charge in [-0.1, -0.05) is 24.3 Å². The number of anilines is 2. The first-order chi connectivity index (χ1) is 33.6. The number of amides is 3. The molecule has 15 nitrogen and oxygen atoms in total. The number of hydrogen-bond acceptors (Lipinski definition) is 11. The molecule has 5 aromatic rings. The summed E-state index contributed by atoms with van der Waals surface area (Å²) in [5, 5.41) is 5.73. The third-order valence-electron chi connectivity index (χ3n) is 10.8. The summed E-state index contributed by atoms with van der Waals surface area (Å²) in [5.41, 5.74) is 3.94. The lowest BCUT2D eigenvalue weighted by Crippen LogP contribution is -2.28. The van der Waals surface area contributed by atoms with Crippen LogP contribution in [0.4, 0.5) is 24.5 Å². The summed E-state index contributed by atoms with van der Waals surface area (Å²) in [6, 6.07) is 26.6. The van der Waals surface area contributed by atoms with E-state index in [1.54, 1.807) is 32.3 Å². The van der Waals surface area contributed by atoms with Gasteiger partial charge < -0.3 is 39.4 Å². The van der Waals surface area contributed by atoms with Crippen molar-refractivity contribution in [3.63, 3.8) is 0 Å². The fraction of sp³-hybridized carbons (Fsp3) is 0.373. The zero-order chi connectivity index (χ0) is 50.5. The molecule has 0 aliphatic carbocycles. The van der Waals surface area contributed by atoms with Gasteiger partial charge >= 0.3 is 6.18 Å². The van der Waals surface area contributed by atoms with Crippen LogP contribution in [-0.2, 0) is 48.1 Å². The Balaban J connectivity index is 1.00. The Morgan fingerprint density at radius 1 is 0.671 bits per heavy atom. The van der Waals surface area contributed by atoms with Crippen LogP contribution < -0.4 is 20.3 Å². The minimum Gasteiger partial charge on any atom is -0.379 e. The second-order valence-corrected chi connectivity index (χ2v) is 17.8. The molecule has 0 unspecified atom stereocenters. The van der Waals surface area contributed by atoms with Gasteiger partial charge in [0.25, 0.3) is 17.7 Å². The quantitative estimate of drug-likeness (QED) is 0.0424. The number of sulfonamides is 1. The van der Waals surface area contributed by atoms with Crippen LogP contribution in [0.2, 0.25) is 0 Å². The molecular formula is C51H61F3N6O9S. The fourth-order valence-corrected chi connectivity index (χ4v) is 8.08. The average molecular weight is 991 g/mol. The molecule has 376 valence electrons. The number of nitrogens with one attached hydrogen (secondary N) is 3. The Kier molecular flexibility index (Phi) is 21.3. The minimum absolute atomic E-state index is 0.0576. The highest BCUT2D eigenvalue weighted by molar-refractivity contribution is 7.89. The van der Waals surface area contributed by atoms with Gasteiger partial charge in [0.05, 0.1) is 68.1 Å². The summed E-state index contributed by atoms with van der Waals surface area (Å²) in [4.78, 5) is 47.1. The second-order valence-electron chi connectivity index (χ2n) is 16.0. The molecule has 0 saturated carbocycles. The Labute approximate surface area is 407 Å². The molecule has 0 atom stereocenters. The molecule has 0 bridgehead atoms. The molecule has 0 saturated heterocycles. The van der Waals surface area contributed by atoms with Gasteiger partial charge in [0.2, 0.25) is 10.0 Å². The zero-order valence-electron chi connectivity index (χ0n) is 39.8. The number of carbonyl (C=O) groups is 3. The Morgan fingerprint density at radius 3 is 1.96 bits per heavy atom. The maximum absolute atomic E-state index is 13.7. The first-order valence-electron chi connectivity index (χ1n) is 22.9. The molecule has 0 fully saturated rings. The summed E-state index contributed by atoms with van der Waals surface area (Å²) in [5.74, 6) is -1.04. The molecule has 0 spiro atoms. The fourth-order valence-electron chi connectivity index (χ4n) is 7.07. The lowest BCUT2D eigenvalue weighted by atomic mass is 10.0. The molecule has 0 aliphatic rings. The van der Waals surface area contributed by atoms with Crippen molar-refractivity contribution in [1.29, 1.82) is 0 Å². The van der Waals surface area contributed by atoms with Crippen LogP contribution in [0, 0.1) is 0 Å². The number of carbonyl (C=O) groups excluding carboxylic acids is 3. The van der Waals surface area contributed by atoms with Crippen molar-refractivity contribution in [2.75, 3.05) is 96.8 Å². The van der Waals surface area contributed by atoms with Crippen molar-refractivity contribution in [3.05, 3.63) is 143 Å². The molecule has 3 N–H and O–H groups in total. The van der Waals surface area contributed by atoms with Gasteiger partial charge in [0.15, 0.2) is 0 Å². The van der Waals surface area contributed by atoms with E-state index in [1.165, 1.54) is 53.6 Å². The third kappa shape index (κ3) is 17.0. The van der Waals surface area contributed by atoms with E-state index in [9.17, 15) is 36.0 Å². The first-order valence-corrected chi connectivity index (χ1v) is 24.4. The minimum atomic E-state index is -4.50. The van der Waals surface area contributed by atoms with E-state index in [0.717, 1.165) is 36.5 Å². The summed E-state index contributed by atoms with van der Waals surface area (Å²) in [7, 11) is -0.498. The number of benzene rings is 4.